The summed E-state index contributed by atoms with van der Waals surface area (Å²) in [6.45, 7) is 4.89. The molecule has 106 valence electrons. The Morgan fingerprint density at radius 2 is 2.10 bits per heavy atom. The minimum absolute atomic E-state index is 0.0674. The van der Waals surface area contributed by atoms with Gasteiger partial charge in [-0.25, -0.2) is 4.39 Å². The molecule has 20 heavy (non-hydrogen) atoms. The second kappa shape index (κ2) is 6.95. The van der Waals surface area contributed by atoms with Crippen molar-refractivity contribution in [2.45, 2.75) is 26.3 Å². The van der Waals surface area contributed by atoms with Gasteiger partial charge in [0.1, 0.15) is 5.82 Å². The lowest BCUT2D eigenvalue weighted by Gasteiger charge is -2.18. The largest absolute Gasteiger partial charge is 0.310 e. The molecule has 0 bridgehead atoms. The molecule has 0 aliphatic carbocycles. The molecule has 0 aliphatic heterocycles. The van der Waals surface area contributed by atoms with Crippen molar-refractivity contribution >= 4 is 15.9 Å². The monoisotopic (exact) mass is 336 g/mol. The number of aromatic nitrogens is 1. The summed E-state index contributed by atoms with van der Waals surface area (Å²) < 4.78 is 14.2. The van der Waals surface area contributed by atoms with Gasteiger partial charge in [-0.05, 0) is 58.7 Å². The van der Waals surface area contributed by atoms with E-state index in [1.54, 1.807) is 12.1 Å². The number of aryl methyl sites for hydroxylation is 1. The highest BCUT2D eigenvalue weighted by Crippen LogP contribution is 2.23. The fraction of sp³-hybridized carbons (Fsp3) is 0.312. The molecule has 4 heteroatoms. The molecular weight excluding hydrogens is 319 g/mol. The van der Waals surface area contributed by atoms with E-state index in [9.17, 15) is 4.39 Å². The zero-order valence-electron chi connectivity index (χ0n) is 11.7. The Morgan fingerprint density at radius 1 is 1.30 bits per heavy atom. The maximum Gasteiger partial charge on any atom is 0.137 e. The van der Waals surface area contributed by atoms with Crippen molar-refractivity contribution in [2.75, 3.05) is 6.54 Å². The molecule has 1 atom stereocenters. The Hall–Kier alpha value is -1.26. The van der Waals surface area contributed by atoms with Crippen LogP contribution in [0.1, 0.15) is 29.8 Å². The Bertz CT molecular complexity index is 569. The standard InChI is InChI=1S/C16H18BrFN2/c1-3-19-16(9-13-6-4-11(2)10-20-13)12-5-7-14(17)15(18)8-12/h4-8,10,16,19H,3,9H2,1-2H3. The van der Waals surface area contributed by atoms with Gasteiger partial charge in [0.05, 0.1) is 4.47 Å². The van der Waals surface area contributed by atoms with E-state index in [4.69, 9.17) is 0 Å². The minimum atomic E-state index is -0.234. The van der Waals surface area contributed by atoms with Crippen molar-refractivity contribution in [1.29, 1.82) is 0 Å². The number of nitrogens with one attached hydrogen (secondary N) is 1. The van der Waals surface area contributed by atoms with Crippen LogP contribution < -0.4 is 5.32 Å². The van der Waals surface area contributed by atoms with Gasteiger partial charge < -0.3 is 5.32 Å². The Labute approximate surface area is 127 Å². The molecule has 0 spiro atoms. The van der Waals surface area contributed by atoms with Gasteiger partial charge in [0.15, 0.2) is 0 Å². The first-order valence-electron chi connectivity index (χ1n) is 6.70. The van der Waals surface area contributed by atoms with Crippen molar-refractivity contribution in [3.05, 3.63) is 63.6 Å². The molecule has 0 fully saturated rings. The van der Waals surface area contributed by atoms with Gasteiger partial charge in [-0.3, -0.25) is 4.98 Å². The van der Waals surface area contributed by atoms with Crippen molar-refractivity contribution in [3.8, 4) is 0 Å². The van der Waals surface area contributed by atoms with Crippen LogP contribution in [0.4, 0.5) is 4.39 Å². The quantitative estimate of drug-likeness (QED) is 0.885. The molecule has 1 heterocycles. The zero-order chi connectivity index (χ0) is 14.5. The Balaban J connectivity index is 2.21. The third-order valence-corrected chi connectivity index (χ3v) is 3.83. The normalized spacial score (nSPS) is 12.4. The summed E-state index contributed by atoms with van der Waals surface area (Å²) in [4.78, 5) is 4.42. The average Bonchev–Trinajstić information content (AvgIpc) is 2.44. The molecule has 0 radical (unpaired) electrons. The fourth-order valence-corrected chi connectivity index (χ4v) is 2.36. The van der Waals surface area contributed by atoms with E-state index >= 15 is 0 Å². The summed E-state index contributed by atoms with van der Waals surface area (Å²) in [6.07, 6.45) is 2.61. The SMILES string of the molecule is CCNC(Cc1ccc(C)cn1)c1ccc(Br)c(F)c1. The van der Waals surface area contributed by atoms with Crippen LogP contribution in [0.15, 0.2) is 41.0 Å². The first-order valence-corrected chi connectivity index (χ1v) is 7.49. The molecule has 2 aromatic rings. The molecule has 2 rings (SSSR count). The molecule has 0 saturated carbocycles. The first kappa shape index (κ1) is 15.1. The van der Waals surface area contributed by atoms with E-state index in [0.29, 0.717) is 4.47 Å². The van der Waals surface area contributed by atoms with Gasteiger partial charge in [-0.2, -0.15) is 0 Å². The van der Waals surface area contributed by atoms with E-state index < -0.39 is 0 Å². The Morgan fingerprint density at radius 3 is 2.70 bits per heavy atom. The van der Waals surface area contributed by atoms with Crippen LogP contribution in [-0.4, -0.2) is 11.5 Å². The molecule has 1 N–H and O–H groups in total. The second-order valence-electron chi connectivity index (χ2n) is 4.81. The third kappa shape index (κ3) is 3.87. The number of pyridine rings is 1. The van der Waals surface area contributed by atoms with E-state index in [2.05, 4.69) is 26.2 Å². The number of benzene rings is 1. The first-order chi connectivity index (χ1) is 9.60. The van der Waals surface area contributed by atoms with Crippen molar-refractivity contribution in [2.24, 2.45) is 0 Å². The maximum atomic E-state index is 13.7. The lowest BCUT2D eigenvalue weighted by Crippen LogP contribution is -2.23. The predicted octanol–water partition coefficient (Wildman–Crippen LogP) is 4.18. The van der Waals surface area contributed by atoms with E-state index in [1.165, 1.54) is 0 Å². The highest BCUT2D eigenvalue weighted by molar-refractivity contribution is 9.10. The topological polar surface area (TPSA) is 24.9 Å². The van der Waals surface area contributed by atoms with E-state index in [-0.39, 0.29) is 11.9 Å². The van der Waals surface area contributed by atoms with Crippen LogP contribution >= 0.6 is 15.9 Å². The van der Waals surface area contributed by atoms with Gasteiger partial charge in [-0.15, -0.1) is 0 Å². The van der Waals surface area contributed by atoms with Crippen LogP contribution in [0.25, 0.3) is 0 Å². The number of likely N-dealkylation sites (N-methyl/N-ethyl adjacent to an activating group) is 1. The van der Waals surface area contributed by atoms with Crippen LogP contribution in [-0.2, 0) is 6.42 Å². The van der Waals surface area contributed by atoms with Gasteiger partial charge >= 0.3 is 0 Å². The zero-order valence-corrected chi connectivity index (χ0v) is 13.2. The molecule has 0 aliphatic rings. The van der Waals surface area contributed by atoms with Gasteiger partial charge in [-0.1, -0.05) is 19.1 Å². The lowest BCUT2D eigenvalue weighted by molar-refractivity contribution is 0.536. The van der Waals surface area contributed by atoms with Crippen molar-refractivity contribution < 1.29 is 4.39 Å². The number of hydrogen-bond donors (Lipinski definition) is 1. The molecule has 0 amide bonds. The van der Waals surface area contributed by atoms with Crippen LogP contribution in [0.5, 0.6) is 0 Å². The fourth-order valence-electron chi connectivity index (χ4n) is 2.11. The van der Waals surface area contributed by atoms with Crippen LogP contribution in [0.3, 0.4) is 0 Å². The smallest absolute Gasteiger partial charge is 0.137 e. The Kier molecular flexibility index (Phi) is 5.26. The molecular formula is C16H18BrFN2. The third-order valence-electron chi connectivity index (χ3n) is 3.18. The van der Waals surface area contributed by atoms with Gasteiger partial charge in [0.2, 0.25) is 0 Å². The number of rotatable bonds is 5. The summed E-state index contributed by atoms with van der Waals surface area (Å²) in [5, 5.41) is 3.39. The van der Waals surface area contributed by atoms with Gasteiger partial charge in [0, 0.05) is 24.4 Å². The van der Waals surface area contributed by atoms with E-state index in [0.717, 1.165) is 29.8 Å². The summed E-state index contributed by atoms with van der Waals surface area (Å²) >= 11 is 3.18. The molecule has 1 aromatic heterocycles. The number of hydrogen-bond acceptors (Lipinski definition) is 2. The maximum absolute atomic E-state index is 13.7. The number of nitrogens with zero attached hydrogens (tertiary/aromatic N) is 1. The molecule has 1 aromatic carbocycles. The average molecular weight is 337 g/mol. The van der Waals surface area contributed by atoms with Crippen LogP contribution in [0.2, 0.25) is 0 Å². The molecule has 2 nitrogen and oxygen atoms in total. The molecule has 1 unspecified atom stereocenters. The van der Waals surface area contributed by atoms with E-state index in [1.807, 2.05) is 38.2 Å². The highest BCUT2D eigenvalue weighted by atomic mass is 79.9. The highest BCUT2D eigenvalue weighted by Gasteiger charge is 2.13. The second-order valence-corrected chi connectivity index (χ2v) is 5.67. The summed E-state index contributed by atoms with van der Waals surface area (Å²) in [5.41, 5.74) is 3.09. The summed E-state index contributed by atoms with van der Waals surface area (Å²) in [7, 11) is 0. The number of halogens is 2. The minimum Gasteiger partial charge on any atom is -0.310 e. The van der Waals surface area contributed by atoms with Crippen molar-refractivity contribution in [3.63, 3.8) is 0 Å². The van der Waals surface area contributed by atoms with Crippen molar-refractivity contribution in [1.82, 2.24) is 10.3 Å². The van der Waals surface area contributed by atoms with Crippen LogP contribution in [0, 0.1) is 12.7 Å². The predicted molar refractivity (Wildman–Crippen MR) is 83.2 cm³/mol. The lowest BCUT2D eigenvalue weighted by atomic mass is 10.0. The molecule has 0 saturated heterocycles. The summed E-state index contributed by atoms with van der Waals surface area (Å²) in [6, 6.07) is 9.40. The summed E-state index contributed by atoms with van der Waals surface area (Å²) in [5.74, 6) is -0.234. The van der Waals surface area contributed by atoms with Gasteiger partial charge in [0.25, 0.3) is 0 Å².